The van der Waals surface area contributed by atoms with E-state index in [1.54, 1.807) is 7.11 Å². The third-order valence-electron chi connectivity index (χ3n) is 3.14. The van der Waals surface area contributed by atoms with Crippen molar-refractivity contribution >= 4 is 17.2 Å². The molecule has 0 fully saturated rings. The third kappa shape index (κ3) is 1.96. The van der Waals surface area contributed by atoms with E-state index in [2.05, 4.69) is 10.1 Å². The van der Waals surface area contributed by atoms with Gasteiger partial charge in [0.05, 0.1) is 7.11 Å². The Hall–Kier alpha value is -2.27. The number of rotatable bonds is 2. The van der Waals surface area contributed by atoms with E-state index in [1.807, 2.05) is 31.2 Å². The van der Waals surface area contributed by atoms with Gasteiger partial charge in [0.2, 0.25) is 0 Å². The van der Waals surface area contributed by atoms with Gasteiger partial charge in [0.15, 0.2) is 5.65 Å². The van der Waals surface area contributed by atoms with Gasteiger partial charge in [0.1, 0.15) is 10.9 Å². The standard InChI is InChI=1S/C14H12ClN3O2/c1-8-13(9-3-5-10(20-2)6-4-9)14-16-11(15)7-12(19)18(14)17-8/h3-7,17H,1-2H3. The summed E-state index contributed by atoms with van der Waals surface area (Å²) in [7, 11) is 1.62. The van der Waals surface area contributed by atoms with Crippen LogP contribution in [0.25, 0.3) is 16.8 Å². The fourth-order valence-electron chi connectivity index (χ4n) is 2.22. The van der Waals surface area contributed by atoms with Crippen molar-refractivity contribution in [3.63, 3.8) is 0 Å². The summed E-state index contributed by atoms with van der Waals surface area (Å²) in [5.41, 5.74) is 2.93. The molecule has 1 N–H and O–H groups in total. The number of aryl methyl sites for hydroxylation is 1. The number of H-pyrrole nitrogens is 1. The largest absolute Gasteiger partial charge is 0.497 e. The Kier molecular flexibility index (Phi) is 2.99. The monoisotopic (exact) mass is 289 g/mol. The van der Waals surface area contributed by atoms with Crippen LogP contribution in [-0.4, -0.2) is 21.7 Å². The highest BCUT2D eigenvalue weighted by molar-refractivity contribution is 6.29. The lowest BCUT2D eigenvalue weighted by molar-refractivity contribution is 0.415. The fraction of sp³-hybridized carbons (Fsp3) is 0.143. The van der Waals surface area contributed by atoms with Crippen molar-refractivity contribution in [2.45, 2.75) is 6.92 Å². The van der Waals surface area contributed by atoms with E-state index in [1.165, 1.54) is 10.6 Å². The van der Waals surface area contributed by atoms with Gasteiger partial charge in [-0.3, -0.25) is 9.89 Å². The van der Waals surface area contributed by atoms with Crippen molar-refractivity contribution < 1.29 is 4.74 Å². The maximum atomic E-state index is 11.9. The van der Waals surface area contributed by atoms with Gasteiger partial charge < -0.3 is 4.74 Å². The summed E-state index contributed by atoms with van der Waals surface area (Å²) in [6.07, 6.45) is 0. The number of ether oxygens (including phenoxy) is 1. The van der Waals surface area contributed by atoms with Gasteiger partial charge in [-0.05, 0) is 24.6 Å². The second-order valence-electron chi connectivity index (χ2n) is 4.42. The summed E-state index contributed by atoms with van der Waals surface area (Å²) >= 11 is 5.88. The number of hydrogen-bond acceptors (Lipinski definition) is 3. The van der Waals surface area contributed by atoms with E-state index in [4.69, 9.17) is 16.3 Å². The molecule has 0 radical (unpaired) electrons. The molecule has 3 rings (SSSR count). The van der Waals surface area contributed by atoms with E-state index in [9.17, 15) is 4.79 Å². The molecule has 0 unspecified atom stereocenters. The summed E-state index contributed by atoms with van der Waals surface area (Å²) in [6.45, 7) is 1.89. The van der Waals surface area contributed by atoms with Crippen molar-refractivity contribution in [2.75, 3.05) is 7.11 Å². The van der Waals surface area contributed by atoms with Crippen molar-refractivity contribution in [3.8, 4) is 16.9 Å². The van der Waals surface area contributed by atoms with Crippen LogP contribution in [0.2, 0.25) is 5.15 Å². The zero-order valence-electron chi connectivity index (χ0n) is 11.0. The molecular formula is C14H12ClN3O2. The number of nitrogens with zero attached hydrogens (tertiary/aromatic N) is 2. The van der Waals surface area contributed by atoms with Gasteiger partial charge in [-0.2, -0.15) is 0 Å². The number of nitrogens with one attached hydrogen (secondary N) is 1. The Morgan fingerprint density at radius 3 is 2.65 bits per heavy atom. The van der Waals surface area contributed by atoms with Crippen LogP contribution in [0.3, 0.4) is 0 Å². The summed E-state index contributed by atoms with van der Waals surface area (Å²) < 4.78 is 6.53. The van der Waals surface area contributed by atoms with E-state index in [-0.39, 0.29) is 10.7 Å². The molecule has 0 bridgehead atoms. The summed E-state index contributed by atoms with van der Waals surface area (Å²) in [6, 6.07) is 8.84. The van der Waals surface area contributed by atoms with E-state index >= 15 is 0 Å². The van der Waals surface area contributed by atoms with Gasteiger partial charge in [-0.15, -0.1) is 0 Å². The average Bonchev–Trinajstić information content (AvgIpc) is 2.76. The van der Waals surface area contributed by atoms with Crippen LogP contribution in [0, 0.1) is 6.92 Å². The Morgan fingerprint density at radius 2 is 2.00 bits per heavy atom. The maximum absolute atomic E-state index is 11.9. The number of hydrogen-bond donors (Lipinski definition) is 1. The number of fused-ring (bicyclic) bond motifs is 1. The topological polar surface area (TPSA) is 59.4 Å². The van der Waals surface area contributed by atoms with Crippen molar-refractivity contribution in [1.82, 2.24) is 14.6 Å². The molecule has 20 heavy (non-hydrogen) atoms. The first-order chi connectivity index (χ1) is 9.60. The van der Waals surface area contributed by atoms with Crippen LogP contribution >= 0.6 is 11.6 Å². The third-order valence-corrected chi connectivity index (χ3v) is 3.34. The summed E-state index contributed by atoms with van der Waals surface area (Å²) in [5, 5.41) is 3.19. The van der Waals surface area contributed by atoms with Gasteiger partial charge in [0.25, 0.3) is 5.56 Å². The number of aromatic nitrogens is 3. The quantitative estimate of drug-likeness (QED) is 0.738. The minimum absolute atomic E-state index is 0.184. The molecule has 0 saturated heterocycles. The Balaban J connectivity index is 2.29. The SMILES string of the molecule is COc1ccc(-c2c(C)[nH]n3c(=O)cc(Cl)nc23)cc1. The van der Waals surface area contributed by atoms with Gasteiger partial charge in [-0.1, -0.05) is 23.7 Å². The van der Waals surface area contributed by atoms with Crippen LogP contribution < -0.4 is 10.3 Å². The molecule has 1 aromatic carbocycles. The number of benzene rings is 1. The summed E-state index contributed by atoms with van der Waals surface area (Å²) in [4.78, 5) is 16.1. The fourth-order valence-corrected chi connectivity index (χ4v) is 2.40. The first-order valence-corrected chi connectivity index (χ1v) is 6.40. The molecule has 6 heteroatoms. The Labute approximate surface area is 119 Å². The molecule has 0 aliphatic heterocycles. The van der Waals surface area contributed by atoms with Crippen molar-refractivity contribution in [1.29, 1.82) is 0 Å². The van der Waals surface area contributed by atoms with E-state index in [0.717, 1.165) is 22.6 Å². The lowest BCUT2D eigenvalue weighted by Gasteiger charge is -2.03. The molecule has 2 aromatic heterocycles. The van der Waals surface area contributed by atoms with Gasteiger partial charge in [-0.25, -0.2) is 9.50 Å². The van der Waals surface area contributed by atoms with Crippen molar-refractivity contribution in [3.05, 3.63) is 51.5 Å². The smallest absolute Gasteiger partial charge is 0.274 e. The number of halogens is 1. The normalized spacial score (nSPS) is 10.9. The molecule has 102 valence electrons. The number of aromatic amines is 1. The molecule has 0 spiro atoms. The molecule has 0 amide bonds. The second-order valence-corrected chi connectivity index (χ2v) is 4.80. The molecule has 3 aromatic rings. The van der Waals surface area contributed by atoms with Crippen LogP contribution in [-0.2, 0) is 0 Å². The van der Waals surface area contributed by atoms with E-state index < -0.39 is 0 Å². The van der Waals surface area contributed by atoms with Crippen LogP contribution in [0.5, 0.6) is 5.75 Å². The molecular weight excluding hydrogens is 278 g/mol. The lowest BCUT2D eigenvalue weighted by atomic mass is 10.1. The van der Waals surface area contributed by atoms with Gasteiger partial charge in [0, 0.05) is 17.3 Å². The molecule has 5 nitrogen and oxygen atoms in total. The minimum atomic E-state index is -0.233. The molecule has 0 atom stereocenters. The van der Waals surface area contributed by atoms with Crippen LogP contribution in [0.4, 0.5) is 0 Å². The molecule has 0 aliphatic rings. The molecule has 0 saturated carbocycles. The first-order valence-electron chi connectivity index (χ1n) is 6.02. The van der Waals surface area contributed by atoms with Crippen molar-refractivity contribution in [2.24, 2.45) is 0 Å². The number of methoxy groups -OCH3 is 1. The zero-order valence-corrected chi connectivity index (χ0v) is 11.7. The highest BCUT2D eigenvalue weighted by atomic mass is 35.5. The van der Waals surface area contributed by atoms with Gasteiger partial charge >= 0.3 is 0 Å². The molecule has 0 aliphatic carbocycles. The minimum Gasteiger partial charge on any atom is -0.497 e. The van der Waals surface area contributed by atoms with Crippen LogP contribution in [0.1, 0.15) is 5.69 Å². The highest BCUT2D eigenvalue weighted by Crippen LogP contribution is 2.28. The van der Waals surface area contributed by atoms with E-state index in [0.29, 0.717) is 5.65 Å². The first kappa shape index (κ1) is 12.7. The highest BCUT2D eigenvalue weighted by Gasteiger charge is 2.14. The van der Waals surface area contributed by atoms with Crippen LogP contribution in [0.15, 0.2) is 35.1 Å². The zero-order chi connectivity index (χ0) is 14.3. The maximum Gasteiger partial charge on any atom is 0.274 e. The predicted octanol–water partition coefficient (Wildman–Crippen LogP) is 2.66. The average molecular weight is 290 g/mol. The predicted molar refractivity (Wildman–Crippen MR) is 77.5 cm³/mol. The molecule has 2 heterocycles. The Bertz CT molecular complexity index is 834. The second kappa shape index (κ2) is 4.68. The Morgan fingerprint density at radius 1 is 1.30 bits per heavy atom. The summed E-state index contributed by atoms with van der Waals surface area (Å²) in [5.74, 6) is 0.773. The lowest BCUT2D eigenvalue weighted by Crippen LogP contribution is -2.13.